The molecule has 0 aliphatic rings. The average Bonchev–Trinajstić information content (AvgIpc) is 3.57. The fraction of sp³-hybridized carbons (Fsp3) is 0. The minimum atomic E-state index is 0.688. The molecule has 10 rings (SSSR count). The van der Waals surface area contributed by atoms with Crippen molar-refractivity contribution in [3.63, 3.8) is 0 Å². The summed E-state index contributed by atoms with van der Waals surface area (Å²) in [7, 11) is 0. The maximum Gasteiger partial charge on any atom is 0.160 e. The van der Waals surface area contributed by atoms with Gasteiger partial charge in [-0.3, -0.25) is 0 Å². The minimum Gasteiger partial charge on any atom is -0.307 e. The summed E-state index contributed by atoms with van der Waals surface area (Å²) < 4.78 is 2.37. The van der Waals surface area contributed by atoms with Crippen LogP contribution in [0.2, 0.25) is 0 Å². The topological polar surface area (TPSA) is 43.6 Å². The van der Waals surface area contributed by atoms with Crippen molar-refractivity contribution < 1.29 is 0 Å². The van der Waals surface area contributed by atoms with E-state index in [1.165, 1.54) is 16.2 Å². The molecular weight excluding hydrogens is 621 g/mol. The molecule has 51 heavy (non-hydrogen) atoms. The van der Waals surface area contributed by atoms with Crippen molar-refractivity contribution in [1.82, 2.24) is 19.5 Å². The summed E-state index contributed by atoms with van der Waals surface area (Å²) in [5, 5.41) is 5.89. The number of fused-ring (bicyclic) bond motifs is 7. The Kier molecular flexibility index (Phi) is 6.78. The summed E-state index contributed by atoms with van der Waals surface area (Å²) in [6.45, 7) is 0. The Balaban J connectivity index is 1.21. The van der Waals surface area contributed by atoms with E-state index in [4.69, 9.17) is 15.0 Å². The van der Waals surface area contributed by atoms with Crippen molar-refractivity contribution in [3.05, 3.63) is 182 Å². The van der Waals surface area contributed by atoms with E-state index in [2.05, 4.69) is 150 Å². The molecule has 0 bridgehead atoms. The Labute approximate surface area is 295 Å². The van der Waals surface area contributed by atoms with Crippen LogP contribution in [0.3, 0.4) is 0 Å². The number of aromatic nitrogens is 4. The second-order valence-electron chi connectivity index (χ2n) is 12.8. The van der Waals surface area contributed by atoms with Crippen LogP contribution < -0.4 is 0 Å². The molecule has 0 radical (unpaired) electrons. The van der Waals surface area contributed by atoms with Crippen LogP contribution in [0, 0.1) is 0 Å². The van der Waals surface area contributed by atoms with Gasteiger partial charge in [0.15, 0.2) is 5.82 Å². The monoisotopic (exact) mass is 650 g/mol. The molecule has 0 amide bonds. The van der Waals surface area contributed by atoms with Gasteiger partial charge in [0, 0.05) is 49.5 Å². The molecule has 0 atom stereocenters. The zero-order valence-electron chi connectivity index (χ0n) is 27.6. The van der Waals surface area contributed by atoms with E-state index in [0.29, 0.717) is 5.82 Å². The van der Waals surface area contributed by atoms with E-state index < -0.39 is 0 Å². The van der Waals surface area contributed by atoms with Crippen LogP contribution in [-0.2, 0) is 0 Å². The van der Waals surface area contributed by atoms with Gasteiger partial charge in [0.25, 0.3) is 0 Å². The summed E-state index contributed by atoms with van der Waals surface area (Å²) in [5.74, 6) is 0.688. The van der Waals surface area contributed by atoms with Gasteiger partial charge in [-0.25, -0.2) is 15.0 Å². The minimum absolute atomic E-state index is 0.688. The highest BCUT2D eigenvalue weighted by molar-refractivity contribution is 6.26. The molecule has 0 saturated heterocycles. The third-order valence-electron chi connectivity index (χ3n) is 9.79. The van der Waals surface area contributed by atoms with Crippen LogP contribution in [-0.4, -0.2) is 19.5 Å². The molecule has 10 aromatic rings. The Hall–Kier alpha value is -6.91. The zero-order chi connectivity index (χ0) is 33.7. The van der Waals surface area contributed by atoms with Crippen molar-refractivity contribution in [1.29, 1.82) is 0 Å². The predicted octanol–water partition coefficient (Wildman–Crippen LogP) is 11.9. The Bertz CT molecular complexity index is 2820. The summed E-state index contributed by atoms with van der Waals surface area (Å²) in [6, 6.07) is 63.6. The van der Waals surface area contributed by atoms with E-state index in [1.807, 2.05) is 36.4 Å². The summed E-state index contributed by atoms with van der Waals surface area (Å²) in [4.78, 5) is 15.6. The number of benzene rings is 7. The molecule has 4 nitrogen and oxygen atoms in total. The summed E-state index contributed by atoms with van der Waals surface area (Å²) in [6.07, 6.45) is 0. The number of para-hydroxylation sites is 1. The molecule has 0 unspecified atom stereocenters. The molecule has 238 valence electrons. The van der Waals surface area contributed by atoms with Gasteiger partial charge in [-0.2, -0.15) is 0 Å². The van der Waals surface area contributed by atoms with Crippen molar-refractivity contribution in [2.45, 2.75) is 0 Å². The molecule has 4 heteroatoms. The van der Waals surface area contributed by atoms with E-state index in [-0.39, 0.29) is 0 Å². The van der Waals surface area contributed by atoms with Gasteiger partial charge in [0.2, 0.25) is 0 Å². The second kappa shape index (κ2) is 11.9. The highest BCUT2D eigenvalue weighted by Gasteiger charge is 2.21. The van der Waals surface area contributed by atoms with E-state index in [9.17, 15) is 0 Å². The standard InChI is InChI=1S/C47H30N4/c1-4-15-32(16-5-1)40-30-41(33-17-6-2-7-18-33)49-47(48-40)35-24-27-36(28-25-35)51-42-23-13-12-22-38(42)43-39-29-26-31-14-10-11-21-37(31)45(39)50-44(46(43)51)34-19-8-3-9-20-34/h1-30H. The van der Waals surface area contributed by atoms with E-state index >= 15 is 0 Å². The summed E-state index contributed by atoms with van der Waals surface area (Å²) >= 11 is 0. The molecule has 0 aliphatic heterocycles. The van der Waals surface area contributed by atoms with Gasteiger partial charge in [-0.05, 0) is 41.8 Å². The second-order valence-corrected chi connectivity index (χ2v) is 12.8. The molecule has 0 fully saturated rings. The first-order valence-electron chi connectivity index (χ1n) is 17.2. The van der Waals surface area contributed by atoms with Gasteiger partial charge >= 0.3 is 0 Å². The molecule has 3 aromatic heterocycles. The number of hydrogen-bond donors (Lipinski definition) is 0. The summed E-state index contributed by atoms with van der Waals surface area (Å²) in [5.41, 5.74) is 11.2. The first-order chi connectivity index (χ1) is 25.3. The third kappa shape index (κ3) is 4.88. The molecule has 0 aliphatic carbocycles. The van der Waals surface area contributed by atoms with Crippen molar-refractivity contribution in [2.75, 3.05) is 0 Å². The molecule has 0 saturated carbocycles. The van der Waals surface area contributed by atoms with E-state index in [0.717, 1.165) is 72.3 Å². The first kappa shape index (κ1) is 29.0. The zero-order valence-corrected chi connectivity index (χ0v) is 27.6. The van der Waals surface area contributed by atoms with Crippen LogP contribution in [0.1, 0.15) is 0 Å². The predicted molar refractivity (Wildman–Crippen MR) is 211 cm³/mol. The lowest BCUT2D eigenvalue weighted by Gasteiger charge is -2.14. The van der Waals surface area contributed by atoms with Gasteiger partial charge in [-0.15, -0.1) is 0 Å². The van der Waals surface area contributed by atoms with Crippen molar-refractivity contribution in [2.24, 2.45) is 0 Å². The number of hydrogen-bond acceptors (Lipinski definition) is 3. The number of rotatable bonds is 5. The fourth-order valence-electron chi connectivity index (χ4n) is 7.39. The van der Waals surface area contributed by atoms with Crippen molar-refractivity contribution >= 4 is 43.5 Å². The van der Waals surface area contributed by atoms with Crippen LogP contribution in [0.5, 0.6) is 0 Å². The average molecular weight is 651 g/mol. The smallest absolute Gasteiger partial charge is 0.160 e. The quantitative estimate of drug-likeness (QED) is 0.174. The Morgan fingerprint density at radius 3 is 1.63 bits per heavy atom. The lowest BCUT2D eigenvalue weighted by atomic mass is 9.99. The van der Waals surface area contributed by atoms with Crippen LogP contribution in [0.15, 0.2) is 182 Å². The van der Waals surface area contributed by atoms with Crippen molar-refractivity contribution in [3.8, 4) is 50.8 Å². The maximum absolute atomic E-state index is 5.48. The third-order valence-corrected chi connectivity index (χ3v) is 9.79. The van der Waals surface area contributed by atoms with Gasteiger partial charge in [0.05, 0.1) is 33.6 Å². The highest BCUT2D eigenvalue weighted by Crippen LogP contribution is 2.42. The van der Waals surface area contributed by atoms with Gasteiger partial charge in [-0.1, -0.05) is 146 Å². The molecule has 3 heterocycles. The molecular formula is C47H30N4. The SMILES string of the molecule is c1ccc(-c2cc(-c3ccccc3)nc(-c3ccc(-n4c5ccccc5c5c6ccc7ccccc7c6nc(-c6ccccc6)c54)cc3)n2)cc1. The highest BCUT2D eigenvalue weighted by atomic mass is 15.0. The fourth-order valence-corrected chi connectivity index (χ4v) is 7.39. The maximum atomic E-state index is 5.48. The Morgan fingerprint density at radius 1 is 0.392 bits per heavy atom. The number of nitrogens with zero attached hydrogens (tertiary/aromatic N) is 4. The van der Waals surface area contributed by atoms with Crippen LogP contribution in [0.4, 0.5) is 0 Å². The molecule has 7 aromatic carbocycles. The van der Waals surface area contributed by atoms with E-state index in [1.54, 1.807) is 0 Å². The van der Waals surface area contributed by atoms with Crippen LogP contribution >= 0.6 is 0 Å². The normalized spacial score (nSPS) is 11.5. The number of pyridine rings is 1. The van der Waals surface area contributed by atoms with Gasteiger partial charge in [0.1, 0.15) is 0 Å². The lowest BCUT2D eigenvalue weighted by molar-refractivity contribution is 1.16. The molecule has 0 N–H and O–H groups in total. The molecule has 0 spiro atoms. The van der Waals surface area contributed by atoms with Gasteiger partial charge < -0.3 is 4.57 Å². The first-order valence-corrected chi connectivity index (χ1v) is 17.2. The Morgan fingerprint density at radius 2 is 0.961 bits per heavy atom. The lowest BCUT2D eigenvalue weighted by Crippen LogP contribution is -1.99. The van der Waals surface area contributed by atoms with Crippen LogP contribution in [0.25, 0.3) is 94.3 Å². The largest absolute Gasteiger partial charge is 0.307 e.